The summed E-state index contributed by atoms with van der Waals surface area (Å²) < 4.78 is 0. The quantitative estimate of drug-likeness (QED) is 0.815. The summed E-state index contributed by atoms with van der Waals surface area (Å²) in [7, 11) is 0. The van der Waals surface area contributed by atoms with E-state index in [0.717, 1.165) is 0 Å². The zero-order chi connectivity index (χ0) is 16.0. The molecule has 0 heterocycles. The Bertz CT molecular complexity index is 521. The van der Waals surface area contributed by atoms with Crippen LogP contribution in [0.2, 0.25) is 0 Å². The van der Waals surface area contributed by atoms with E-state index in [-0.39, 0.29) is 23.5 Å². The van der Waals surface area contributed by atoms with E-state index in [0.29, 0.717) is 24.3 Å². The number of carbonyl (C=O) groups excluding carboxylic acids is 3. The van der Waals surface area contributed by atoms with Crippen LogP contribution < -0.4 is 10.2 Å². The van der Waals surface area contributed by atoms with Crippen molar-refractivity contribution in [1.29, 1.82) is 0 Å². The van der Waals surface area contributed by atoms with Gasteiger partial charge in [0.1, 0.15) is 0 Å². The molecule has 114 valence electrons. The van der Waals surface area contributed by atoms with E-state index < -0.39 is 0 Å². The summed E-state index contributed by atoms with van der Waals surface area (Å²) in [5, 5.41) is 2.78. The van der Waals surface area contributed by atoms with E-state index in [1.165, 1.54) is 13.8 Å². The van der Waals surface area contributed by atoms with E-state index in [4.69, 9.17) is 0 Å². The molecule has 0 aliphatic carbocycles. The molecular formula is C16H22N2O3. The number of benzene rings is 1. The molecule has 1 aromatic rings. The third-order valence-corrected chi connectivity index (χ3v) is 3.12. The number of carbonyl (C=O) groups is 3. The number of rotatable bonds is 6. The molecule has 21 heavy (non-hydrogen) atoms. The molecule has 0 spiro atoms. The number of amides is 2. The number of Topliss-reactive ketones (excluding diaryl/α,β-unsaturated/α-hetero) is 1. The predicted octanol–water partition coefficient (Wildman–Crippen LogP) is 2.01. The van der Waals surface area contributed by atoms with Crippen LogP contribution in [0.25, 0.3) is 0 Å². The molecular weight excluding hydrogens is 268 g/mol. The fourth-order valence-electron chi connectivity index (χ4n) is 1.84. The molecule has 0 bridgehead atoms. The van der Waals surface area contributed by atoms with E-state index >= 15 is 0 Å². The third-order valence-electron chi connectivity index (χ3n) is 3.12. The summed E-state index contributed by atoms with van der Waals surface area (Å²) in [4.78, 5) is 36.0. The van der Waals surface area contributed by atoms with Crippen molar-refractivity contribution in [2.45, 2.75) is 27.7 Å². The van der Waals surface area contributed by atoms with Crippen LogP contribution in [0.1, 0.15) is 38.1 Å². The molecule has 0 aromatic heterocycles. The van der Waals surface area contributed by atoms with Gasteiger partial charge in [-0.05, 0) is 31.2 Å². The Kier molecular flexibility index (Phi) is 6.09. The van der Waals surface area contributed by atoms with Gasteiger partial charge in [-0.25, -0.2) is 0 Å². The average molecular weight is 290 g/mol. The second-order valence-electron chi connectivity index (χ2n) is 5.22. The van der Waals surface area contributed by atoms with Gasteiger partial charge in [-0.3, -0.25) is 14.4 Å². The lowest BCUT2D eigenvalue weighted by Crippen LogP contribution is -2.38. The smallest absolute Gasteiger partial charge is 0.223 e. The summed E-state index contributed by atoms with van der Waals surface area (Å²) in [5.41, 5.74) is 1.32. The minimum absolute atomic E-state index is 0.0138. The van der Waals surface area contributed by atoms with Crippen molar-refractivity contribution in [3.8, 4) is 0 Å². The largest absolute Gasteiger partial charge is 0.354 e. The van der Waals surface area contributed by atoms with Gasteiger partial charge in [0, 0.05) is 37.2 Å². The summed E-state index contributed by atoms with van der Waals surface area (Å²) in [6, 6.07) is 6.87. The maximum Gasteiger partial charge on any atom is 0.223 e. The first-order valence-electron chi connectivity index (χ1n) is 6.99. The van der Waals surface area contributed by atoms with Gasteiger partial charge in [-0.2, -0.15) is 0 Å². The van der Waals surface area contributed by atoms with Crippen molar-refractivity contribution in [2.24, 2.45) is 5.92 Å². The molecule has 0 aliphatic rings. The van der Waals surface area contributed by atoms with E-state index in [9.17, 15) is 14.4 Å². The van der Waals surface area contributed by atoms with Crippen molar-refractivity contribution in [1.82, 2.24) is 5.32 Å². The number of hydrogen-bond donors (Lipinski definition) is 1. The highest BCUT2D eigenvalue weighted by atomic mass is 16.2. The van der Waals surface area contributed by atoms with Crippen molar-refractivity contribution in [3.63, 3.8) is 0 Å². The normalized spacial score (nSPS) is 10.3. The second kappa shape index (κ2) is 7.57. The Morgan fingerprint density at radius 1 is 1.10 bits per heavy atom. The van der Waals surface area contributed by atoms with Crippen LogP contribution >= 0.6 is 0 Å². The lowest BCUT2D eigenvalue weighted by Gasteiger charge is -2.22. The molecule has 1 aromatic carbocycles. The number of nitrogens with one attached hydrogen (secondary N) is 1. The lowest BCUT2D eigenvalue weighted by atomic mass is 10.1. The first-order valence-corrected chi connectivity index (χ1v) is 6.99. The van der Waals surface area contributed by atoms with Gasteiger partial charge < -0.3 is 10.2 Å². The van der Waals surface area contributed by atoms with E-state index in [1.54, 1.807) is 29.2 Å². The third kappa shape index (κ3) is 5.02. The fourth-order valence-corrected chi connectivity index (χ4v) is 1.84. The van der Waals surface area contributed by atoms with Crippen LogP contribution in [-0.4, -0.2) is 30.7 Å². The van der Waals surface area contributed by atoms with Crippen molar-refractivity contribution in [3.05, 3.63) is 29.8 Å². The Morgan fingerprint density at radius 2 is 1.67 bits per heavy atom. The number of ketones is 1. The standard InChI is InChI=1S/C16H22N2O3/c1-11(2)16(21)17-9-10-18(13(4)20)15-7-5-14(6-8-15)12(3)19/h5-8,11H,9-10H2,1-4H3,(H,17,21). The van der Waals surface area contributed by atoms with Crippen molar-refractivity contribution < 1.29 is 14.4 Å². The molecule has 0 fully saturated rings. The molecule has 5 heteroatoms. The molecule has 1 N–H and O–H groups in total. The van der Waals surface area contributed by atoms with Gasteiger partial charge in [0.15, 0.2) is 5.78 Å². The van der Waals surface area contributed by atoms with Crippen molar-refractivity contribution in [2.75, 3.05) is 18.0 Å². The maximum absolute atomic E-state index is 11.7. The van der Waals surface area contributed by atoms with E-state index in [2.05, 4.69) is 5.32 Å². The van der Waals surface area contributed by atoms with Gasteiger partial charge in [-0.15, -0.1) is 0 Å². The molecule has 5 nitrogen and oxygen atoms in total. The number of nitrogens with zero attached hydrogens (tertiary/aromatic N) is 1. The van der Waals surface area contributed by atoms with Gasteiger partial charge in [-0.1, -0.05) is 13.8 Å². The Hall–Kier alpha value is -2.17. The monoisotopic (exact) mass is 290 g/mol. The number of hydrogen-bond acceptors (Lipinski definition) is 3. The highest BCUT2D eigenvalue weighted by Crippen LogP contribution is 2.15. The molecule has 2 amide bonds. The molecule has 0 aliphatic heterocycles. The van der Waals surface area contributed by atoms with Gasteiger partial charge in [0.25, 0.3) is 0 Å². The van der Waals surface area contributed by atoms with Gasteiger partial charge in [0.2, 0.25) is 11.8 Å². The predicted molar refractivity (Wildman–Crippen MR) is 82.3 cm³/mol. The Morgan fingerprint density at radius 3 is 2.10 bits per heavy atom. The summed E-state index contributed by atoms with van der Waals surface area (Å²) in [6.45, 7) is 7.40. The lowest BCUT2D eigenvalue weighted by molar-refractivity contribution is -0.124. The molecule has 0 radical (unpaired) electrons. The minimum Gasteiger partial charge on any atom is -0.354 e. The second-order valence-corrected chi connectivity index (χ2v) is 5.22. The van der Waals surface area contributed by atoms with Gasteiger partial charge in [0.05, 0.1) is 0 Å². The summed E-state index contributed by atoms with van der Waals surface area (Å²) in [5.74, 6) is -0.236. The van der Waals surface area contributed by atoms with Crippen LogP contribution in [0.5, 0.6) is 0 Å². The Balaban J connectivity index is 2.71. The summed E-state index contributed by atoms with van der Waals surface area (Å²) >= 11 is 0. The molecule has 0 unspecified atom stereocenters. The van der Waals surface area contributed by atoms with Crippen LogP contribution in [0.15, 0.2) is 24.3 Å². The topological polar surface area (TPSA) is 66.5 Å². The first kappa shape index (κ1) is 16.9. The van der Waals surface area contributed by atoms with Crippen LogP contribution in [0.3, 0.4) is 0 Å². The van der Waals surface area contributed by atoms with E-state index in [1.807, 2.05) is 13.8 Å². The van der Waals surface area contributed by atoms with Crippen LogP contribution in [0.4, 0.5) is 5.69 Å². The molecule has 0 atom stereocenters. The Labute approximate surface area is 125 Å². The zero-order valence-electron chi connectivity index (χ0n) is 13.0. The highest BCUT2D eigenvalue weighted by Gasteiger charge is 2.13. The zero-order valence-corrected chi connectivity index (χ0v) is 13.0. The fraction of sp³-hybridized carbons (Fsp3) is 0.438. The average Bonchev–Trinajstić information content (AvgIpc) is 2.42. The van der Waals surface area contributed by atoms with Crippen LogP contribution in [0, 0.1) is 5.92 Å². The van der Waals surface area contributed by atoms with Crippen LogP contribution in [-0.2, 0) is 9.59 Å². The summed E-state index contributed by atoms with van der Waals surface area (Å²) in [6.07, 6.45) is 0. The SMILES string of the molecule is CC(=O)c1ccc(N(CCNC(=O)C(C)C)C(C)=O)cc1. The minimum atomic E-state index is -0.107. The van der Waals surface area contributed by atoms with Crippen molar-refractivity contribution >= 4 is 23.3 Å². The number of anilines is 1. The molecule has 0 saturated heterocycles. The highest BCUT2D eigenvalue weighted by molar-refractivity contribution is 5.96. The maximum atomic E-state index is 11.7. The van der Waals surface area contributed by atoms with Gasteiger partial charge >= 0.3 is 0 Å². The first-order chi connectivity index (χ1) is 9.82. The molecule has 0 saturated carbocycles. The molecule has 1 rings (SSSR count).